The largest absolute Gasteiger partial charge is 0.350 e. The van der Waals surface area contributed by atoms with Crippen molar-refractivity contribution >= 4 is 17.5 Å². The number of rotatable bonds is 5. The van der Waals surface area contributed by atoms with Crippen LogP contribution in [0.1, 0.15) is 27.2 Å². The Morgan fingerprint density at radius 1 is 0.963 bits per heavy atom. The van der Waals surface area contributed by atoms with E-state index in [0.717, 1.165) is 25.1 Å². The molecule has 1 fully saturated rings. The Kier molecular flexibility index (Phi) is 7.26. The molecule has 1 saturated heterocycles. The predicted molar refractivity (Wildman–Crippen MR) is 100 cm³/mol. The topological polar surface area (TPSA) is 64.7 Å². The summed E-state index contributed by atoms with van der Waals surface area (Å²) in [4.78, 5) is 28.2. The number of carbonyl (C=O) groups excluding carboxylic acids is 2. The van der Waals surface area contributed by atoms with Gasteiger partial charge in [0.05, 0.1) is 13.1 Å². The third-order valence-electron chi connectivity index (χ3n) is 4.16. The summed E-state index contributed by atoms with van der Waals surface area (Å²) in [5, 5.41) is 5.25. The number of anilines is 1. The Labute approximate surface area is 158 Å². The summed E-state index contributed by atoms with van der Waals surface area (Å²) in [6.45, 7) is 8.88. The van der Waals surface area contributed by atoms with Gasteiger partial charge in [-0.1, -0.05) is 6.07 Å². The van der Waals surface area contributed by atoms with Crippen LogP contribution in [0.3, 0.4) is 0 Å². The van der Waals surface area contributed by atoms with Gasteiger partial charge in [-0.3, -0.25) is 19.4 Å². The maximum atomic E-state index is 13.6. The second-order valence-corrected chi connectivity index (χ2v) is 7.85. The first kappa shape index (κ1) is 21.2. The fourth-order valence-electron chi connectivity index (χ4n) is 3.00. The molecule has 1 aromatic rings. The highest BCUT2D eigenvalue weighted by molar-refractivity contribution is 5.92. The Bertz CT molecular complexity index is 656. The molecule has 2 N–H and O–H groups in total. The monoisotopic (exact) mass is 382 g/mol. The van der Waals surface area contributed by atoms with Gasteiger partial charge in [0, 0.05) is 18.6 Å². The van der Waals surface area contributed by atoms with Crippen LogP contribution >= 0.6 is 0 Å². The number of para-hydroxylation sites is 1. The summed E-state index contributed by atoms with van der Waals surface area (Å²) >= 11 is 0. The fourth-order valence-corrected chi connectivity index (χ4v) is 3.00. The van der Waals surface area contributed by atoms with Gasteiger partial charge < -0.3 is 10.6 Å². The van der Waals surface area contributed by atoms with Crippen molar-refractivity contribution in [2.24, 2.45) is 0 Å². The molecular weight excluding hydrogens is 354 g/mol. The second-order valence-electron chi connectivity index (χ2n) is 7.85. The zero-order chi connectivity index (χ0) is 20.0. The van der Waals surface area contributed by atoms with Crippen LogP contribution in [-0.4, -0.2) is 66.4 Å². The number of benzene rings is 1. The molecule has 1 aliphatic heterocycles. The quantitative estimate of drug-likeness (QED) is 0.816. The van der Waals surface area contributed by atoms with Gasteiger partial charge in [0.1, 0.15) is 17.3 Å². The highest BCUT2D eigenvalue weighted by Crippen LogP contribution is 2.18. The van der Waals surface area contributed by atoms with Crippen LogP contribution in [0.4, 0.5) is 14.5 Å². The number of hydrogen-bond donors (Lipinski definition) is 2. The van der Waals surface area contributed by atoms with Gasteiger partial charge in [0.2, 0.25) is 11.8 Å². The lowest BCUT2D eigenvalue weighted by molar-refractivity contribution is -0.123. The Morgan fingerprint density at radius 2 is 1.48 bits per heavy atom. The molecule has 0 aliphatic carbocycles. The zero-order valence-electron chi connectivity index (χ0n) is 16.1. The highest BCUT2D eigenvalue weighted by atomic mass is 19.1. The maximum absolute atomic E-state index is 13.6. The van der Waals surface area contributed by atoms with Crippen molar-refractivity contribution in [3.05, 3.63) is 29.8 Å². The minimum atomic E-state index is -0.796. The molecule has 0 unspecified atom stereocenters. The Hall–Kier alpha value is -2.06. The van der Waals surface area contributed by atoms with Crippen molar-refractivity contribution in [1.82, 2.24) is 15.1 Å². The van der Waals surface area contributed by atoms with Crippen LogP contribution in [0.25, 0.3) is 0 Å². The lowest BCUT2D eigenvalue weighted by Crippen LogP contribution is -2.46. The minimum absolute atomic E-state index is 0.0243. The summed E-state index contributed by atoms with van der Waals surface area (Å²) in [7, 11) is 0. The SMILES string of the molecule is CC(C)(C)NC(=O)CN1CCCN(CC(=O)Nc2c(F)cccc2F)CC1. The summed E-state index contributed by atoms with van der Waals surface area (Å²) in [5.41, 5.74) is -0.688. The predicted octanol–water partition coefficient (Wildman–Crippen LogP) is 1.83. The lowest BCUT2D eigenvalue weighted by Gasteiger charge is -2.25. The molecular formula is C19H28F2N4O2. The smallest absolute Gasteiger partial charge is 0.238 e. The average Bonchev–Trinajstić information content (AvgIpc) is 2.74. The molecule has 2 amide bonds. The van der Waals surface area contributed by atoms with E-state index in [1.54, 1.807) is 0 Å². The normalized spacial score (nSPS) is 16.6. The van der Waals surface area contributed by atoms with Gasteiger partial charge in [0.25, 0.3) is 0 Å². The number of nitrogens with zero attached hydrogens (tertiary/aromatic N) is 2. The van der Waals surface area contributed by atoms with Crippen molar-refractivity contribution in [2.75, 3.05) is 44.6 Å². The standard InChI is InChI=1S/C19H28F2N4O2/c1-19(2,3)23-17(27)13-25-9-5-8-24(10-11-25)12-16(26)22-18-14(20)6-4-7-15(18)21/h4,6-7H,5,8-13H2,1-3H3,(H,22,26)(H,23,27). The molecule has 6 nitrogen and oxygen atoms in total. The van der Waals surface area contributed by atoms with Crippen LogP contribution in [0.5, 0.6) is 0 Å². The third kappa shape index (κ3) is 7.22. The van der Waals surface area contributed by atoms with E-state index in [1.165, 1.54) is 6.07 Å². The second kappa shape index (κ2) is 9.23. The summed E-state index contributed by atoms with van der Waals surface area (Å²) in [5.74, 6) is -2.08. The summed E-state index contributed by atoms with van der Waals surface area (Å²) < 4.78 is 27.3. The van der Waals surface area contributed by atoms with Crippen LogP contribution in [0.15, 0.2) is 18.2 Å². The number of halogens is 2. The molecule has 0 radical (unpaired) electrons. The zero-order valence-corrected chi connectivity index (χ0v) is 16.1. The molecule has 0 bridgehead atoms. The van der Waals surface area contributed by atoms with E-state index in [1.807, 2.05) is 25.7 Å². The molecule has 1 aromatic carbocycles. The van der Waals surface area contributed by atoms with E-state index in [0.29, 0.717) is 26.2 Å². The number of hydrogen-bond acceptors (Lipinski definition) is 4. The molecule has 0 saturated carbocycles. The molecule has 1 heterocycles. The van der Waals surface area contributed by atoms with Gasteiger partial charge in [-0.25, -0.2) is 8.78 Å². The average molecular weight is 382 g/mol. The molecule has 2 rings (SSSR count). The van der Waals surface area contributed by atoms with E-state index in [4.69, 9.17) is 0 Å². The molecule has 1 aliphatic rings. The van der Waals surface area contributed by atoms with Crippen LogP contribution < -0.4 is 10.6 Å². The fraction of sp³-hybridized carbons (Fsp3) is 0.579. The summed E-state index contributed by atoms with van der Waals surface area (Å²) in [6.07, 6.45) is 0.810. The van der Waals surface area contributed by atoms with Gasteiger partial charge >= 0.3 is 0 Å². The van der Waals surface area contributed by atoms with E-state index in [2.05, 4.69) is 15.5 Å². The first-order valence-corrected chi connectivity index (χ1v) is 9.13. The number of carbonyl (C=O) groups is 2. The van der Waals surface area contributed by atoms with Crippen molar-refractivity contribution in [3.8, 4) is 0 Å². The van der Waals surface area contributed by atoms with Gasteiger partial charge in [-0.15, -0.1) is 0 Å². The van der Waals surface area contributed by atoms with Crippen molar-refractivity contribution in [3.63, 3.8) is 0 Å². The van der Waals surface area contributed by atoms with E-state index < -0.39 is 23.2 Å². The van der Waals surface area contributed by atoms with E-state index >= 15 is 0 Å². The van der Waals surface area contributed by atoms with Gasteiger partial charge in [-0.2, -0.15) is 0 Å². The maximum Gasteiger partial charge on any atom is 0.238 e. The minimum Gasteiger partial charge on any atom is -0.350 e. The number of nitrogens with one attached hydrogen (secondary N) is 2. The number of amides is 2. The van der Waals surface area contributed by atoms with E-state index in [9.17, 15) is 18.4 Å². The molecule has 8 heteroatoms. The van der Waals surface area contributed by atoms with Crippen LogP contribution in [-0.2, 0) is 9.59 Å². The first-order valence-electron chi connectivity index (χ1n) is 9.13. The van der Waals surface area contributed by atoms with Crippen LogP contribution in [0.2, 0.25) is 0 Å². The van der Waals surface area contributed by atoms with Crippen molar-refractivity contribution < 1.29 is 18.4 Å². The van der Waals surface area contributed by atoms with Crippen molar-refractivity contribution in [2.45, 2.75) is 32.7 Å². The molecule has 0 atom stereocenters. The molecule has 150 valence electrons. The van der Waals surface area contributed by atoms with Gasteiger partial charge in [0.15, 0.2) is 0 Å². The lowest BCUT2D eigenvalue weighted by atomic mass is 10.1. The van der Waals surface area contributed by atoms with Crippen molar-refractivity contribution in [1.29, 1.82) is 0 Å². The molecule has 0 spiro atoms. The van der Waals surface area contributed by atoms with Gasteiger partial charge in [-0.05, 0) is 52.4 Å². The summed E-state index contributed by atoms with van der Waals surface area (Å²) in [6, 6.07) is 3.45. The first-order chi connectivity index (χ1) is 12.6. The van der Waals surface area contributed by atoms with Crippen LogP contribution in [0, 0.1) is 11.6 Å². The Balaban J connectivity index is 1.82. The molecule has 0 aromatic heterocycles. The third-order valence-corrected chi connectivity index (χ3v) is 4.16. The molecule has 27 heavy (non-hydrogen) atoms. The van der Waals surface area contributed by atoms with E-state index in [-0.39, 0.29) is 18.0 Å². The highest BCUT2D eigenvalue weighted by Gasteiger charge is 2.21. The Morgan fingerprint density at radius 3 is 2.00 bits per heavy atom.